The highest BCUT2D eigenvalue weighted by Crippen LogP contribution is 2.08. The minimum Gasteiger partial charge on any atom is -0.482 e. The average molecular weight is 267 g/mol. The quantitative estimate of drug-likeness (QED) is 0.620. The van der Waals surface area contributed by atoms with Gasteiger partial charge in [0.05, 0.1) is 6.20 Å². The number of hydrogen-bond donors (Lipinski definition) is 2. The smallest absolute Gasteiger partial charge is 0.257 e. The molecule has 0 spiro atoms. The zero-order valence-corrected chi connectivity index (χ0v) is 11.2. The van der Waals surface area contributed by atoms with Gasteiger partial charge in [0.25, 0.3) is 5.91 Å². The Hall–Kier alpha value is -1.66. The molecule has 0 aromatic carbocycles. The van der Waals surface area contributed by atoms with Crippen molar-refractivity contribution in [2.24, 2.45) is 5.73 Å². The van der Waals surface area contributed by atoms with E-state index in [1.165, 1.54) is 0 Å². The molecule has 0 unspecified atom stereocenters. The van der Waals surface area contributed by atoms with E-state index in [1.54, 1.807) is 19.4 Å². The Kier molecular flexibility index (Phi) is 7.53. The van der Waals surface area contributed by atoms with Gasteiger partial charge in [0.2, 0.25) is 0 Å². The first-order chi connectivity index (χ1) is 9.26. The first-order valence-corrected chi connectivity index (χ1v) is 6.29. The van der Waals surface area contributed by atoms with Crippen LogP contribution in [-0.4, -0.2) is 44.3 Å². The number of rotatable bonds is 9. The van der Waals surface area contributed by atoms with Crippen LogP contribution in [-0.2, 0) is 16.0 Å². The Morgan fingerprint density at radius 2 is 2.32 bits per heavy atom. The van der Waals surface area contributed by atoms with Crippen molar-refractivity contribution >= 4 is 5.91 Å². The van der Waals surface area contributed by atoms with Crippen LogP contribution in [0.5, 0.6) is 5.75 Å². The van der Waals surface area contributed by atoms with E-state index >= 15 is 0 Å². The maximum absolute atomic E-state index is 11.4. The molecule has 106 valence electrons. The van der Waals surface area contributed by atoms with Crippen molar-refractivity contribution in [3.8, 4) is 5.75 Å². The topological polar surface area (TPSA) is 86.5 Å². The Morgan fingerprint density at radius 3 is 2.95 bits per heavy atom. The van der Waals surface area contributed by atoms with Crippen molar-refractivity contribution in [3.05, 3.63) is 24.0 Å². The average Bonchev–Trinajstić information content (AvgIpc) is 2.43. The maximum atomic E-state index is 11.4. The Morgan fingerprint density at radius 1 is 1.47 bits per heavy atom. The third kappa shape index (κ3) is 6.73. The van der Waals surface area contributed by atoms with E-state index in [1.807, 2.05) is 6.07 Å². The van der Waals surface area contributed by atoms with Crippen LogP contribution in [0.4, 0.5) is 0 Å². The lowest BCUT2D eigenvalue weighted by molar-refractivity contribution is -0.123. The van der Waals surface area contributed by atoms with Crippen LogP contribution in [0.3, 0.4) is 0 Å². The lowest BCUT2D eigenvalue weighted by atomic mass is 10.3. The van der Waals surface area contributed by atoms with Crippen LogP contribution < -0.4 is 15.8 Å². The maximum Gasteiger partial charge on any atom is 0.257 e. The standard InChI is InChI=1S/C13H21N3O3/c1-18-8-2-7-15-13(17)10-19-12-4-3-11(5-6-14)16-9-12/h3-4,9H,2,5-8,10,14H2,1H3,(H,15,17). The van der Waals surface area contributed by atoms with Crippen LogP contribution in [0.2, 0.25) is 0 Å². The second kappa shape index (κ2) is 9.29. The van der Waals surface area contributed by atoms with Crippen LogP contribution in [0.1, 0.15) is 12.1 Å². The van der Waals surface area contributed by atoms with Crippen LogP contribution in [0.15, 0.2) is 18.3 Å². The van der Waals surface area contributed by atoms with Crippen molar-refractivity contribution in [1.29, 1.82) is 0 Å². The Balaban J connectivity index is 2.22. The van der Waals surface area contributed by atoms with Crippen LogP contribution in [0.25, 0.3) is 0 Å². The van der Waals surface area contributed by atoms with Crippen LogP contribution in [0, 0.1) is 0 Å². The molecule has 0 saturated carbocycles. The third-order valence-electron chi connectivity index (χ3n) is 2.42. The van der Waals surface area contributed by atoms with Gasteiger partial charge in [-0.25, -0.2) is 0 Å². The van der Waals surface area contributed by atoms with Gasteiger partial charge in [0.1, 0.15) is 5.75 Å². The second-order valence-corrected chi connectivity index (χ2v) is 4.01. The predicted molar refractivity (Wildman–Crippen MR) is 72.0 cm³/mol. The number of ether oxygens (including phenoxy) is 2. The molecule has 0 atom stereocenters. The van der Waals surface area contributed by atoms with E-state index < -0.39 is 0 Å². The summed E-state index contributed by atoms with van der Waals surface area (Å²) in [6.07, 6.45) is 3.13. The molecule has 6 heteroatoms. The summed E-state index contributed by atoms with van der Waals surface area (Å²) in [5.41, 5.74) is 6.35. The molecule has 0 aliphatic rings. The summed E-state index contributed by atoms with van der Waals surface area (Å²) >= 11 is 0. The number of nitrogens with two attached hydrogens (primary N) is 1. The van der Waals surface area contributed by atoms with Gasteiger partial charge in [-0.1, -0.05) is 0 Å². The van der Waals surface area contributed by atoms with Crippen molar-refractivity contribution in [1.82, 2.24) is 10.3 Å². The van der Waals surface area contributed by atoms with Crippen molar-refractivity contribution in [2.45, 2.75) is 12.8 Å². The van der Waals surface area contributed by atoms with Crippen LogP contribution >= 0.6 is 0 Å². The number of carbonyl (C=O) groups excluding carboxylic acids is 1. The second-order valence-electron chi connectivity index (χ2n) is 4.01. The van der Waals surface area contributed by atoms with Crippen molar-refractivity contribution in [2.75, 3.05) is 33.4 Å². The van der Waals surface area contributed by atoms with E-state index in [0.29, 0.717) is 25.4 Å². The summed E-state index contributed by atoms with van der Waals surface area (Å²) in [5.74, 6) is 0.426. The molecule has 0 saturated heterocycles. The van der Waals surface area contributed by atoms with Gasteiger partial charge >= 0.3 is 0 Å². The number of hydrogen-bond acceptors (Lipinski definition) is 5. The summed E-state index contributed by atoms with van der Waals surface area (Å²) in [7, 11) is 1.63. The summed E-state index contributed by atoms with van der Waals surface area (Å²) in [6, 6.07) is 3.63. The molecule has 0 aliphatic heterocycles. The number of amides is 1. The largest absolute Gasteiger partial charge is 0.482 e. The molecular weight excluding hydrogens is 246 g/mol. The van der Waals surface area contributed by atoms with Gasteiger partial charge in [-0.05, 0) is 25.1 Å². The molecule has 1 aromatic heterocycles. The highest BCUT2D eigenvalue weighted by atomic mass is 16.5. The van der Waals surface area contributed by atoms with Gasteiger partial charge in [-0.15, -0.1) is 0 Å². The zero-order valence-electron chi connectivity index (χ0n) is 11.2. The van der Waals surface area contributed by atoms with Gasteiger partial charge in [-0.2, -0.15) is 0 Å². The summed E-state index contributed by atoms with van der Waals surface area (Å²) in [6.45, 7) is 1.78. The normalized spacial score (nSPS) is 10.2. The molecule has 1 heterocycles. The van der Waals surface area contributed by atoms with E-state index in [-0.39, 0.29) is 12.5 Å². The van der Waals surface area contributed by atoms with E-state index in [4.69, 9.17) is 15.2 Å². The fourth-order valence-corrected chi connectivity index (χ4v) is 1.44. The number of aromatic nitrogens is 1. The highest BCUT2D eigenvalue weighted by Gasteiger charge is 2.02. The van der Waals surface area contributed by atoms with Gasteiger partial charge in [-0.3, -0.25) is 9.78 Å². The van der Waals surface area contributed by atoms with Crippen molar-refractivity contribution < 1.29 is 14.3 Å². The molecule has 0 aliphatic carbocycles. The van der Waals surface area contributed by atoms with Crippen molar-refractivity contribution in [3.63, 3.8) is 0 Å². The fraction of sp³-hybridized carbons (Fsp3) is 0.538. The molecule has 1 aromatic rings. The molecule has 3 N–H and O–H groups in total. The molecule has 0 radical (unpaired) electrons. The lowest BCUT2D eigenvalue weighted by Gasteiger charge is -2.07. The zero-order chi connectivity index (χ0) is 13.9. The molecule has 0 bridgehead atoms. The molecule has 0 fully saturated rings. The minimum atomic E-state index is -0.151. The third-order valence-corrected chi connectivity index (χ3v) is 2.42. The number of nitrogens with one attached hydrogen (secondary N) is 1. The number of nitrogens with zero attached hydrogens (tertiary/aromatic N) is 1. The Bertz CT molecular complexity index is 368. The molecule has 6 nitrogen and oxygen atoms in total. The summed E-state index contributed by atoms with van der Waals surface area (Å²) in [5, 5.41) is 2.74. The van der Waals surface area contributed by atoms with Gasteiger partial charge in [0.15, 0.2) is 6.61 Å². The summed E-state index contributed by atoms with van der Waals surface area (Å²) < 4.78 is 10.2. The first-order valence-electron chi connectivity index (χ1n) is 6.29. The van der Waals surface area contributed by atoms with E-state index in [0.717, 1.165) is 18.5 Å². The molecule has 1 amide bonds. The van der Waals surface area contributed by atoms with E-state index in [9.17, 15) is 4.79 Å². The monoisotopic (exact) mass is 267 g/mol. The van der Waals surface area contributed by atoms with Gasteiger partial charge in [0, 0.05) is 32.4 Å². The number of methoxy groups -OCH3 is 1. The summed E-state index contributed by atoms with van der Waals surface area (Å²) in [4.78, 5) is 15.6. The SMILES string of the molecule is COCCCNC(=O)COc1ccc(CCN)nc1. The van der Waals surface area contributed by atoms with E-state index in [2.05, 4.69) is 10.3 Å². The molecule has 1 rings (SSSR count). The first kappa shape index (κ1) is 15.4. The minimum absolute atomic E-state index is 0.00903. The number of pyridine rings is 1. The molecular formula is C13H21N3O3. The highest BCUT2D eigenvalue weighted by molar-refractivity contribution is 5.77. The Labute approximate surface area is 113 Å². The fourth-order valence-electron chi connectivity index (χ4n) is 1.44. The molecule has 19 heavy (non-hydrogen) atoms. The predicted octanol–water partition coefficient (Wildman–Crippen LogP) is 0.114. The van der Waals surface area contributed by atoms with Gasteiger partial charge < -0.3 is 20.5 Å². The lowest BCUT2D eigenvalue weighted by Crippen LogP contribution is -2.30. The number of carbonyl (C=O) groups is 1.